The maximum Gasteiger partial charge on any atom is 0.337 e. The molecular weight excluding hydrogens is 225 g/mol. The Morgan fingerprint density at radius 2 is 2.12 bits per heavy atom. The van der Waals surface area contributed by atoms with E-state index in [4.69, 9.17) is 5.73 Å². The molecular formula is C12H12FNO3. The van der Waals surface area contributed by atoms with Crippen molar-refractivity contribution >= 4 is 18.0 Å². The molecule has 0 unspecified atom stereocenters. The number of primary amides is 1. The summed E-state index contributed by atoms with van der Waals surface area (Å²) in [6.07, 6.45) is 3.07. The molecule has 0 aromatic heterocycles. The lowest BCUT2D eigenvalue weighted by atomic mass is 10.1. The molecule has 2 N–H and O–H groups in total. The van der Waals surface area contributed by atoms with Crippen molar-refractivity contribution in [2.45, 2.75) is 6.42 Å². The molecule has 0 saturated carbocycles. The molecule has 4 nitrogen and oxygen atoms in total. The van der Waals surface area contributed by atoms with E-state index in [1.807, 2.05) is 0 Å². The van der Waals surface area contributed by atoms with Gasteiger partial charge in [0.2, 0.25) is 5.91 Å². The Bertz CT molecular complexity index is 469. The molecule has 1 amide bonds. The van der Waals surface area contributed by atoms with Crippen molar-refractivity contribution in [1.82, 2.24) is 0 Å². The van der Waals surface area contributed by atoms with Crippen LogP contribution in [0.5, 0.6) is 0 Å². The minimum Gasteiger partial charge on any atom is -0.465 e. The van der Waals surface area contributed by atoms with Gasteiger partial charge >= 0.3 is 5.97 Å². The molecule has 0 aliphatic carbocycles. The molecule has 5 heteroatoms. The summed E-state index contributed by atoms with van der Waals surface area (Å²) < 4.78 is 17.7. The van der Waals surface area contributed by atoms with Crippen molar-refractivity contribution in [2.75, 3.05) is 7.11 Å². The average molecular weight is 237 g/mol. The monoisotopic (exact) mass is 237 g/mol. The van der Waals surface area contributed by atoms with Crippen molar-refractivity contribution in [2.24, 2.45) is 5.73 Å². The fraction of sp³-hybridized carbons (Fsp3) is 0.167. The van der Waals surface area contributed by atoms with Crippen LogP contribution >= 0.6 is 0 Å². The number of carbonyl (C=O) groups is 2. The molecule has 0 heterocycles. The summed E-state index contributed by atoms with van der Waals surface area (Å²) in [6.45, 7) is 0. The van der Waals surface area contributed by atoms with E-state index in [2.05, 4.69) is 4.74 Å². The van der Waals surface area contributed by atoms with Crippen molar-refractivity contribution in [1.29, 1.82) is 0 Å². The lowest BCUT2D eigenvalue weighted by Gasteiger charge is -2.01. The third-order valence-corrected chi connectivity index (χ3v) is 1.97. The van der Waals surface area contributed by atoms with Crippen LogP contribution in [0, 0.1) is 5.82 Å². The second-order valence-corrected chi connectivity index (χ2v) is 3.34. The standard InChI is InChI=1S/C12H12FNO3/c1-17-12(16)9-5-8(6-10(13)7-9)3-2-4-11(14)15/h2-3,5-7H,4H2,1H3,(H2,14,15). The van der Waals surface area contributed by atoms with Crippen LogP contribution < -0.4 is 5.73 Å². The van der Waals surface area contributed by atoms with Gasteiger partial charge in [0, 0.05) is 6.42 Å². The smallest absolute Gasteiger partial charge is 0.337 e. The number of amides is 1. The number of halogens is 1. The first-order valence-corrected chi connectivity index (χ1v) is 4.86. The molecule has 0 atom stereocenters. The van der Waals surface area contributed by atoms with Crippen molar-refractivity contribution < 1.29 is 18.7 Å². The van der Waals surface area contributed by atoms with Crippen LogP contribution in [-0.4, -0.2) is 19.0 Å². The first kappa shape index (κ1) is 12.9. The average Bonchev–Trinajstić information content (AvgIpc) is 2.26. The van der Waals surface area contributed by atoms with Gasteiger partial charge in [-0.2, -0.15) is 0 Å². The number of rotatable bonds is 4. The van der Waals surface area contributed by atoms with Crippen molar-refractivity contribution in [3.63, 3.8) is 0 Å². The van der Waals surface area contributed by atoms with Gasteiger partial charge in [0.05, 0.1) is 12.7 Å². The van der Waals surface area contributed by atoms with E-state index >= 15 is 0 Å². The SMILES string of the molecule is COC(=O)c1cc(F)cc(C=CCC(N)=O)c1. The summed E-state index contributed by atoms with van der Waals surface area (Å²) in [4.78, 5) is 21.7. The lowest BCUT2D eigenvalue weighted by Crippen LogP contribution is -2.07. The molecule has 90 valence electrons. The van der Waals surface area contributed by atoms with E-state index in [1.54, 1.807) is 0 Å². The Hall–Kier alpha value is -2.17. The molecule has 0 bridgehead atoms. The third-order valence-electron chi connectivity index (χ3n) is 1.97. The maximum atomic E-state index is 13.2. The Labute approximate surface area is 97.9 Å². The number of esters is 1. The number of benzene rings is 1. The zero-order chi connectivity index (χ0) is 12.8. The van der Waals surface area contributed by atoms with Crippen LogP contribution in [0.1, 0.15) is 22.3 Å². The van der Waals surface area contributed by atoms with Gasteiger partial charge in [0.15, 0.2) is 0 Å². The molecule has 0 aliphatic heterocycles. The molecule has 1 aromatic rings. The van der Waals surface area contributed by atoms with Gasteiger partial charge in [-0.3, -0.25) is 4.79 Å². The highest BCUT2D eigenvalue weighted by atomic mass is 19.1. The summed E-state index contributed by atoms with van der Waals surface area (Å²) in [7, 11) is 1.22. The van der Waals surface area contributed by atoms with Crippen LogP contribution in [0.4, 0.5) is 4.39 Å². The Morgan fingerprint density at radius 3 is 2.71 bits per heavy atom. The minimum atomic E-state index is -0.617. The molecule has 0 spiro atoms. The number of ether oxygens (including phenoxy) is 1. The predicted molar refractivity (Wildman–Crippen MR) is 60.6 cm³/mol. The summed E-state index contributed by atoms with van der Waals surface area (Å²) in [5.41, 5.74) is 5.53. The van der Waals surface area contributed by atoms with E-state index in [-0.39, 0.29) is 12.0 Å². The highest BCUT2D eigenvalue weighted by molar-refractivity contribution is 5.90. The van der Waals surface area contributed by atoms with Gasteiger partial charge in [-0.15, -0.1) is 0 Å². The fourth-order valence-electron chi connectivity index (χ4n) is 1.26. The molecule has 0 aliphatic rings. The quantitative estimate of drug-likeness (QED) is 0.807. The highest BCUT2D eigenvalue weighted by Crippen LogP contribution is 2.12. The van der Waals surface area contributed by atoms with Gasteiger partial charge in [0.25, 0.3) is 0 Å². The van der Waals surface area contributed by atoms with E-state index in [9.17, 15) is 14.0 Å². The summed E-state index contributed by atoms with van der Waals surface area (Å²) >= 11 is 0. The summed E-state index contributed by atoms with van der Waals surface area (Å²) in [6, 6.07) is 3.79. The van der Waals surface area contributed by atoms with Gasteiger partial charge in [0.1, 0.15) is 5.82 Å². The van der Waals surface area contributed by atoms with E-state index in [0.29, 0.717) is 5.56 Å². The van der Waals surface area contributed by atoms with Crippen LogP contribution in [0.25, 0.3) is 6.08 Å². The van der Waals surface area contributed by atoms with E-state index in [0.717, 1.165) is 6.07 Å². The number of carbonyl (C=O) groups excluding carboxylic acids is 2. The Morgan fingerprint density at radius 1 is 1.41 bits per heavy atom. The van der Waals surface area contributed by atoms with E-state index < -0.39 is 17.7 Å². The van der Waals surface area contributed by atoms with E-state index in [1.165, 1.54) is 31.4 Å². The topological polar surface area (TPSA) is 69.4 Å². The second-order valence-electron chi connectivity index (χ2n) is 3.34. The second kappa shape index (κ2) is 5.79. The van der Waals surface area contributed by atoms with Crippen LogP contribution in [0.2, 0.25) is 0 Å². The minimum absolute atomic E-state index is 0.0596. The largest absolute Gasteiger partial charge is 0.465 e. The molecule has 0 fully saturated rings. The number of hydrogen-bond acceptors (Lipinski definition) is 3. The number of hydrogen-bond donors (Lipinski definition) is 1. The van der Waals surface area contributed by atoms with Crippen LogP contribution in [-0.2, 0) is 9.53 Å². The molecule has 17 heavy (non-hydrogen) atoms. The lowest BCUT2D eigenvalue weighted by molar-refractivity contribution is -0.117. The zero-order valence-corrected chi connectivity index (χ0v) is 9.27. The first-order valence-electron chi connectivity index (χ1n) is 4.86. The van der Waals surface area contributed by atoms with Crippen LogP contribution in [0.15, 0.2) is 24.3 Å². The summed E-state index contributed by atoms with van der Waals surface area (Å²) in [5, 5.41) is 0. The van der Waals surface area contributed by atoms with Crippen molar-refractivity contribution in [3.8, 4) is 0 Å². The van der Waals surface area contributed by atoms with Crippen molar-refractivity contribution in [3.05, 3.63) is 41.2 Å². The molecule has 0 saturated heterocycles. The Kier molecular flexibility index (Phi) is 4.39. The number of nitrogens with two attached hydrogens (primary N) is 1. The maximum absolute atomic E-state index is 13.2. The van der Waals surface area contributed by atoms with Crippen LogP contribution in [0.3, 0.4) is 0 Å². The molecule has 1 rings (SSSR count). The third kappa shape index (κ3) is 4.06. The molecule has 1 aromatic carbocycles. The Balaban J connectivity index is 2.93. The zero-order valence-electron chi connectivity index (χ0n) is 9.27. The number of methoxy groups -OCH3 is 1. The molecule has 0 radical (unpaired) electrons. The normalized spacial score (nSPS) is 10.5. The highest BCUT2D eigenvalue weighted by Gasteiger charge is 2.07. The van der Waals surface area contributed by atoms with Gasteiger partial charge in [-0.1, -0.05) is 12.2 Å². The summed E-state index contributed by atoms with van der Waals surface area (Å²) in [5.74, 6) is -1.65. The van der Waals surface area contributed by atoms with Gasteiger partial charge in [-0.05, 0) is 23.8 Å². The van der Waals surface area contributed by atoms with Gasteiger partial charge in [-0.25, -0.2) is 9.18 Å². The fourth-order valence-corrected chi connectivity index (χ4v) is 1.26. The van der Waals surface area contributed by atoms with Gasteiger partial charge < -0.3 is 10.5 Å². The predicted octanol–water partition coefficient (Wildman–Crippen LogP) is 1.50. The first-order chi connectivity index (χ1) is 8.02.